The number of hydrogen-bond donors (Lipinski definition) is 1. The normalized spacial score (nSPS) is 15.6. The highest BCUT2D eigenvalue weighted by Gasteiger charge is 2.30. The molecule has 0 aromatic carbocycles. The van der Waals surface area contributed by atoms with Gasteiger partial charge in [0.25, 0.3) is 0 Å². The largest absolute Gasteiger partial charge is 0.385 e. The zero-order chi connectivity index (χ0) is 11.7. The average Bonchev–Trinajstić information content (AvgIpc) is 2.26. The van der Waals surface area contributed by atoms with Gasteiger partial charge in [0.2, 0.25) is 0 Å². The molecule has 0 amide bonds. The van der Waals surface area contributed by atoms with Gasteiger partial charge in [0.15, 0.2) is 0 Å². The highest BCUT2D eigenvalue weighted by atomic mass is 16.5. The van der Waals surface area contributed by atoms with Crippen LogP contribution in [0, 0.1) is 0 Å². The van der Waals surface area contributed by atoms with Gasteiger partial charge >= 0.3 is 0 Å². The molecule has 1 unspecified atom stereocenters. The van der Waals surface area contributed by atoms with Crippen molar-refractivity contribution in [2.24, 2.45) is 5.73 Å². The topological polar surface area (TPSA) is 47.7 Å². The summed E-state index contributed by atoms with van der Waals surface area (Å²) in [6, 6.07) is 0. The molecule has 0 saturated carbocycles. The van der Waals surface area contributed by atoms with Crippen LogP contribution in [0.15, 0.2) is 0 Å². The summed E-state index contributed by atoms with van der Waals surface area (Å²) >= 11 is 0. The number of likely N-dealkylation sites (N-methyl/N-ethyl adjacent to an activating group) is 1. The fourth-order valence-corrected chi connectivity index (χ4v) is 1.79. The van der Waals surface area contributed by atoms with E-state index in [1.165, 1.54) is 0 Å². The van der Waals surface area contributed by atoms with E-state index in [1.54, 1.807) is 14.2 Å². The smallest absolute Gasteiger partial charge is 0.0658 e. The monoisotopic (exact) mass is 218 g/mol. The third-order valence-corrected chi connectivity index (χ3v) is 3.10. The molecule has 0 heterocycles. The molecule has 4 nitrogen and oxygen atoms in total. The van der Waals surface area contributed by atoms with Crippen LogP contribution in [0.25, 0.3) is 0 Å². The van der Waals surface area contributed by atoms with Crippen molar-refractivity contribution in [3.63, 3.8) is 0 Å². The summed E-state index contributed by atoms with van der Waals surface area (Å²) in [5.74, 6) is 0. The molecule has 2 N–H and O–H groups in total. The Morgan fingerprint density at radius 3 is 2.33 bits per heavy atom. The van der Waals surface area contributed by atoms with Crippen LogP contribution in [0.2, 0.25) is 0 Å². The molecule has 0 rings (SSSR count). The van der Waals surface area contributed by atoms with Crippen LogP contribution in [0.4, 0.5) is 0 Å². The second-order valence-corrected chi connectivity index (χ2v) is 3.98. The van der Waals surface area contributed by atoms with E-state index in [9.17, 15) is 0 Å². The molecule has 1 atom stereocenters. The van der Waals surface area contributed by atoms with Crippen LogP contribution in [-0.2, 0) is 9.47 Å². The van der Waals surface area contributed by atoms with Crippen LogP contribution in [0.1, 0.15) is 19.8 Å². The van der Waals surface area contributed by atoms with Gasteiger partial charge in [-0.15, -0.1) is 0 Å². The summed E-state index contributed by atoms with van der Waals surface area (Å²) in [6.45, 7) is 5.24. The van der Waals surface area contributed by atoms with Gasteiger partial charge in [-0.05, 0) is 19.9 Å². The predicted octanol–water partition coefficient (Wildman–Crippen LogP) is 0.709. The maximum absolute atomic E-state index is 5.86. The van der Waals surface area contributed by atoms with Crippen LogP contribution in [-0.4, -0.2) is 58.0 Å². The number of ether oxygens (including phenoxy) is 2. The molecule has 4 heteroatoms. The molecule has 0 aliphatic carbocycles. The third-order valence-electron chi connectivity index (χ3n) is 3.10. The van der Waals surface area contributed by atoms with Crippen LogP contribution >= 0.6 is 0 Å². The van der Waals surface area contributed by atoms with E-state index in [2.05, 4.69) is 18.9 Å². The van der Waals surface area contributed by atoms with E-state index in [1.807, 2.05) is 0 Å². The fraction of sp³-hybridized carbons (Fsp3) is 1.00. The molecule has 0 saturated heterocycles. The average molecular weight is 218 g/mol. The Hall–Kier alpha value is -0.160. The molecule has 92 valence electrons. The van der Waals surface area contributed by atoms with Crippen LogP contribution < -0.4 is 5.73 Å². The molecule has 0 aliphatic heterocycles. The first kappa shape index (κ1) is 14.8. The maximum atomic E-state index is 5.86. The van der Waals surface area contributed by atoms with Crippen molar-refractivity contribution in [1.29, 1.82) is 0 Å². The zero-order valence-electron chi connectivity index (χ0n) is 10.6. The van der Waals surface area contributed by atoms with Crippen molar-refractivity contribution in [2.75, 3.05) is 47.6 Å². The Kier molecular flexibility index (Phi) is 7.96. The van der Waals surface area contributed by atoms with Gasteiger partial charge in [-0.3, -0.25) is 4.90 Å². The van der Waals surface area contributed by atoms with Crippen molar-refractivity contribution in [2.45, 2.75) is 25.3 Å². The van der Waals surface area contributed by atoms with E-state index < -0.39 is 0 Å². The number of hydrogen-bond acceptors (Lipinski definition) is 4. The van der Waals surface area contributed by atoms with Gasteiger partial charge < -0.3 is 15.2 Å². The minimum absolute atomic E-state index is 0.0253. The minimum atomic E-state index is -0.0253. The Balaban J connectivity index is 4.19. The molecule has 0 bridgehead atoms. The molecule has 0 aliphatic rings. The molecule has 0 spiro atoms. The molecule has 0 radical (unpaired) electrons. The first-order valence-electron chi connectivity index (χ1n) is 5.56. The number of nitrogens with zero attached hydrogens (tertiary/aromatic N) is 1. The van der Waals surface area contributed by atoms with Gasteiger partial charge in [-0.1, -0.05) is 6.92 Å². The van der Waals surface area contributed by atoms with E-state index in [0.29, 0.717) is 13.2 Å². The lowest BCUT2D eigenvalue weighted by Crippen LogP contribution is -2.55. The predicted molar refractivity (Wildman–Crippen MR) is 63.1 cm³/mol. The third kappa shape index (κ3) is 4.47. The maximum Gasteiger partial charge on any atom is 0.0658 e. The van der Waals surface area contributed by atoms with Crippen molar-refractivity contribution < 1.29 is 9.47 Å². The Bertz CT molecular complexity index is 150. The lowest BCUT2D eigenvalue weighted by Gasteiger charge is -2.40. The first-order valence-corrected chi connectivity index (χ1v) is 5.56. The van der Waals surface area contributed by atoms with Gasteiger partial charge in [0, 0.05) is 33.9 Å². The summed E-state index contributed by atoms with van der Waals surface area (Å²) in [6.07, 6.45) is 2.03. The molecule has 0 fully saturated rings. The Morgan fingerprint density at radius 1 is 1.27 bits per heavy atom. The first-order chi connectivity index (χ1) is 7.16. The van der Waals surface area contributed by atoms with Gasteiger partial charge in [0.05, 0.1) is 12.1 Å². The molecule has 15 heavy (non-hydrogen) atoms. The Labute approximate surface area is 93.7 Å². The lowest BCUT2D eigenvalue weighted by molar-refractivity contribution is 0.0237. The van der Waals surface area contributed by atoms with E-state index >= 15 is 0 Å². The van der Waals surface area contributed by atoms with E-state index in [-0.39, 0.29) is 5.54 Å². The SMILES string of the molecule is CCC(CN)(COC)N(C)CCCOC. The second-order valence-electron chi connectivity index (χ2n) is 3.98. The highest BCUT2D eigenvalue weighted by molar-refractivity contribution is 4.89. The standard InChI is InChI=1S/C11H26N2O2/c1-5-11(9-12,10-15-4)13(2)7-6-8-14-3/h5-10,12H2,1-4H3. The quantitative estimate of drug-likeness (QED) is 0.579. The summed E-state index contributed by atoms with van der Waals surface area (Å²) in [4.78, 5) is 2.29. The Morgan fingerprint density at radius 2 is 1.93 bits per heavy atom. The summed E-state index contributed by atoms with van der Waals surface area (Å²) in [7, 11) is 5.55. The van der Waals surface area contributed by atoms with Crippen LogP contribution in [0.3, 0.4) is 0 Å². The van der Waals surface area contributed by atoms with E-state index in [0.717, 1.165) is 26.0 Å². The highest BCUT2D eigenvalue weighted by Crippen LogP contribution is 2.17. The number of methoxy groups -OCH3 is 2. The van der Waals surface area contributed by atoms with Gasteiger partial charge in [0.1, 0.15) is 0 Å². The molecular formula is C11H26N2O2. The van der Waals surface area contributed by atoms with Crippen molar-refractivity contribution >= 4 is 0 Å². The van der Waals surface area contributed by atoms with Crippen molar-refractivity contribution in [1.82, 2.24) is 4.90 Å². The van der Waals surface area contributed by atoms with E-state index in [4.69, 9.17) is 15.2 Å². The zero-order valence-corrected chi connectivity index (χ0v) is 10.6. The van der Waals surface area contributed by atoms with Gasteiger partial charge in [-0.2, -0.15) is 0 Å². The molecular weight excluding hydrogens is 192 g/mol. The lowest BCUT2D eigenvalue weighted by atomic mass is 9.95. The fourth-order valence-electron chi connectivity index (χ4n) is 1.79. The van der Waals surface area contributed by atoms with Gasteiger partial charge in [-0.25, -0.2) is 0 Å². The van der Waals surface area contributed by atoms with Crippen molar-refractivity contribution in [3.05, 3.63) is 0 Å². The van der Waals surface area contributed by atoms with Crippen molar-refractivity contribution in [3.8, 4) is 0 Å². The number of nitrogens with two attached hydrogens (primary N) is 1. The molecule has 0 aromatic rings. The van der Waals surface area contributed by atoms with Crippen LogP contribution in [0.5, 0.6) is 0 Å². The second kappa shape index (κ2) is 8.05. The number of rotatable bonds is 9. The summed E-state index contributed by atoms with van der Waals surface area (Å²) < 4.78 is 10.3. The minimum Gasteiger partial charge on any atom is -0.385 e. The summed E-state index contributed by atoms with van der Waals surface area (Å²) in [5, 5.41) is 0. The molecule has 0 aromatic heterocycles. The summed E-state index contributed by atoms with van der Waals surface area (Å²) in [5.41, 5.74) is 5.83.